The smallest absolute Gasteiger partial charge is 0.330 e. The highest BCUT2D eigenvalue weighted by Gasteiger charge is 2.30. The third-order valence-corrected chi connectivity index (χ3v) is 5.93. The summed E-state index contributed by atoms with van der Waals surface area (Å²) >= 11 is 0. The first-order chi connectivity index (χ1) is 15.2. The molecule has 0 atom stereocenters. The number of ether oxygens (including phenoxy) is 2. The summed E-state index contributed by atoms with van der Waals surface area (Å²) in [4.78, 5) is 12.1. The highest BCUT2D eigenvalue weighted by atomic mass is 32.2. The number of anilines is 1. The van der Waals surface area contributed by atoms with Crippen LogP contribution in [-0.4, -0.2) is 45.4 Å². The van der Waals surface area contributed by atoms with Crippen LogP contribution in [-0.2, 0) is 23.2 Å². The van der Waals surface area contributed by atoms with Crippen LogP contribution in [0.2, 0.25) is 0 Å². The molecule has 2 aromatic carbocycles. The lowest BCUT2D eigenvalue weighted by Crippen LogP contribution is -2.36. The predicted molar refractivity (Wildman–Crippen MR) is 117 cm³/mol. The number of hydrogen-bond acceptors (Lipinski definition) is 7. The number of benzene rings is 2. The molecule has 172 valence electrons. The molecule has 0 spiro atoms. The number of methoxy groups -OCH3 is 2. The molecule has 0 aliphatic carbocycles. The molecule has 5 N–H and O–H groups in total. The third-order valence-electron chi connectivity index (χ3n) is 4.64. The molecule has 0 radical (unpaired) electrons. The summed E-state index contributed by atoms with van der Waals surface area (Å²) in [6.07, 6.45) is 1.35. The van der Waals surface area contributed by atoms with Gasteiger partial charge in [0.15, 0.2) is 0 Å². The molecular formula is C20H24N4O7S. The Morgan fingerprint density at radius 3 is 2.50 bits per heavy atom. The molecule has 1 aliphatic rings. The zero-order chi connectivity index (χ0) is 23.3. The van der Waals surface area contributed by atoms with Crippen molar-refractivity contribution < 1.29 is 32.9 Å². The number of rotatable bonds is 8. The molecule has 3 rings (SSSR count). The van der Waals surface area contributed by atoms with Gasteiger partial charge in [0.05, 0.1) is 20.4 Å². The van der Waals surface area contributed by atoms with Crippen LogP contribution in [0.4, 0.5) is 10.5 Å². The molecule has 11 nitrogen and oxygen atoms in total. The first-order valence-corrected chi connectivity index (χ1v) is 10.9. The molecule has 0 fully saturated rings. The van der Waals surface area contributed by atoms with Crippen molar-refractivity contribution in [3.8, 4) is 17.2 Å². The van der Waals surface area contributed by atoms with Crippen LogP contribution in [0.3, 0.4) is 0 Å². The lowest BCUT2D eigenvalue weighted by Gasteiger charge is -2.16. The Kier molecular flexibility index (Phi) is 6.83. The van der Waals surface area contributed by atoms with Crippen LogP contribution >= 0.6 is 0 Å². The van der Waals surface area contributed by atoms with Crippen LogP contribution in [0, 0.1) is 0 Å². The number of nitrogens with zero attached hydrogens (tertiary/aromatic N) is 1. The van der Waals surface area contributed by atoms with Crippen molar-refractivity contribution in [2.75, 3.05) is 25.1 Å². The van der Waals surface area contributed by atoms with Crippen molar-refractivity contribution in [1.82, 2.24) is 15.4 Å². The van der Waals surface area contributed by atoms with E-state index in [2.05, 4.69) is 10.6 Å². The maximum atomic E-state index is 12.1. The molecule has 0 aromatic heterocycles. The molecule has 0 unspecified atom stereocenters. The van der Waals surface area contributed by atoms with Gasteiger partial charge >= 0.3 is 16.2 Å². The number of urea groups is 1. The fraction of sp³-hybridized carbons (Fsp3) is 0.250. The Morgan fingerprint density at radius 1 is 1.09 bits per heavy atom. The second-order valence-corrected chi connectivity index (χ2v) is 8.33. The predicted octanol–water partition coefficient (Wildman–Crippen LogP) is 1.46. The van der Waals surface area contributed by atoms with Crippen LogP contribution < -0.4 is 29.1 Å². The van der Waals surface area contributed by atoms with Crippen molar-refractivity contribution in [2.24, 2.45) is 0 Å². The summed E-state index contributed by atoms with van der Waals surface area (Å²) in [5.74, 6) is 0.417. The molecule has 0 saturated carbocycles. The number of aromatic hydroxyl groups is 1. The number of phenolic OH excluding ortho intramolecular Hbond substituents is 1. The van der Waals surface area contributed by atoms with Gasteiger partial charge in [-0.25, -0.2) is 13.8 Å². The van der Waals surface area contributed by atoms with E-state index in [1.54, 1.807) is 31.4 Å². The summed E-state index contributed by atoms with van der Waals surface area (Å²) < 4.78 is 36.9. The van der Waals surface area contributed by atoms with Gasteiger partial charge in [-0.1, -0.05) is 6.07 Å². The van der Waals surface area contributed by atoms with Gasteiger partial charge in [-0.3, -0.25) is 0 Å². The van der Waals surface area contributed by atoms with E-state index in [1.165, 1.54) is 19.2 Å². The van der Waals surface area contributed by atoms with E-state index < -0.39 is 16.1 Å². The summed E-state index contributed by atoms with van der Waals surface area (Å²) in [7, 11) is -0.900. The highest BCUT2D eigenvalue weighted by Crippen LogP contribution is 2.32. The zero-order valence-electron chi connectivity index (χ0n) is 17.5. The van der Waals surface area contributed by atoms with Crippen LogP contribution in [0.5, 0.6) is 17.2 Å². The number of carbonyl (C=O) groups excluding carboxylic acids is 1. The number of carbonyl (C=O) groups is 1. The normalized spacial score (nSPS) is 14.3. The van der Waals surface area contributed by atoms with Crippen molar-refractivity contribution in [3.63, 3.8) is 0 Å². The fourth-order valence-electron chi connectivity index (χ4n) is 3.05. The lowest BCUT2D eigenvalue weighted by atomic mass is 10.1. The van der Waals surface area contributed by atoms with Gasteiger partial charge in [0.2, 0.25) is 5.88 Å². The number of hydrogen-bond donors (Lipinski definition) is 5. The van der Waals surface area contributed by atoms with E-state index in [0.29, 0.717) is 23.5 Å². The summed E-state index contributed by atoms with van der Waals surface area (Å²) in [6, 6.07) is 9.35. The minimum absolute atomic E-state index is 0.00978. The van der Waals surface area contributed by atoms with Gasteiger partial charge in [0.1, 0.15) is 22.9 Å². The second-order valence-electron chi connectivity index (χ2n) is 6.78. The van der Waals surface area contributed by atoms with Gasteiger partial charge in [-0.2, -0.15) is 8.42 Å². The third kappa shape index (κ3) is 5.27. The van der Waals surface area contributed by atoms with E-state index in [9.17, 15) is 23.4 Å². The van der Waals surface area contributed by atoms with Crippen molar-refractivity contribution in [3.05, 3.63) is 59.6 Å². The average Bonchev–Trinajstić information content (AvgIpc) is 3.03. The van der Waals surface area contributed by atoms with Crippen LogP contribution in [0.25, 0.3) is 0 Å². The van der Waals surface area contributed by atoms with Crippen molar-refractivity contribution in [1.29, 1.82) is 0 Å². The summed E-state index contributed by atoms with van der Waals surface area (Å²) in [6.45, 7) is 0.543. The Hall–Kier alpha value is -3.80. The molecule has 2 amide bonds. The first-order valence-electron chi connectivity index (χ1n) is 9.51. The average molecular weight is 465 g/mol. The van der Waals surface area contributed by atoms with Gasteiger partial charge in [-0.15, -0.1) is 0 Å². The Morgan fingerprint density at radius 2 is 1.88 bits per heavy atom. The van der Waals surface area contributed by atoms with E-state index in [0.717, 1.165) is 16.1 Å². The molecule has 32 heavy (non-hydrogen) atoms. The van der Waals surface area contributed by atoms with Crippen molar-refractivity contribution in [2.45, 2.75) is 13.0 Å². The highest BCUT2D eigenvalue weighted by molar-refractivity contribution is 7.91. The maximum absolute atomic E-state index is 12.1. The zero-order valence-corrected chi connectivity index (χ0v) is 18.3. The van der Waals surface area contributed by atoms with E-state index >= 15 is 0 Å². The second kappa shape index (κ2) is 9.56. The number of phenols is 1. The van der Waals surface area contributed by atoms with E-state index in [1.807, 2.05) is 4.72 Å². The van der Waals surface area contributed by atoms with Crippen molar-refractivity contribution >= 4 is 21.9 Å². The summed E-state index contributed by atoms with van der Waals surface area (Å²) in [5, 5.41) is 25.0. The first kappa shape index (κ1) is 22.9. The molecule has 1 heterocycles. The SMILES string of the molecule is COc1ccc(CNC(=O)NCCc2ccc(N3C=C(O)NS3(=O)=O)c(O)c2)c(OC)c1. The summed E-state index contributed by atoms with van der Waals surface area (Å²) in [5.41, 5.74) is 1.46. The van der Waals surface area contributed by atoms with Crippen LogP contribution in [0.1, 0.15) is 11.1 Å². The Labute approximate surface area is 185 Å². The Bertz CT molecular complexity index is 1130. The van der Waals surface area contributed by atoms with Gasteiger partial charge in [0.25, 0.3) is 0 Å². The minimum Gasteiger partial charge on any atom is -0.506 e. The molecular weight excluding hydrogens is 440 g/mol. The van der Waals surface area contributed by atoms with E-state index in [-0.39, 0.29) is 30.6 Å². The molecule has 2 aromatic rings. The molecule has 0 saturated heterocycles. The van der Waals surface area contributed by atoms with Gasteiger partial charge in [0, 0.05) is 24.7 Å². The number of amides is 2. The largest absolute Gasteiger partial charge is 0.506 e. The minimum atomic E-state index is -3.99. The standard InChI is InChI=1S/C20H24N4O7S/c1-30-15-5-4-14(18(10-15)31-2)11-22-20(27)21-8-7-13-3-6-16(17(25)9-13)24-12-19(26)23-32(24,28)29/h3-6,9-10,12,23,25-26H,7-8,11H2,1-2H3,(H2,21,22,27). The Balaban J connectivity index is 1.51. The van der Waals surface area contributed by atoms with Gasteiger partial charge in [-0.05, 0) is 36.2 Å². The number of aliphatic hydroxyl groups excluding tert-OH is 1. The maximum Gasteiger partial charge on any atom is 0.330 e. The topological polar surface area (TPSA) is 149 Å². The lowest BCUT2D eigenvalue weighted by molar-refractivity contribution is 0.240. The quantitative estimate of drug-likeness (QED) is 0.397. The van der Waals surface area contributed by atoms with E-state index in [4.69, 9.17) is 9.47 Å². The number of nitrogens with one attached hydrogen (secondary N) is 3. The molecule has 12 heteroatoms. The fourth-order valence-corrected chi connectivity index (χ4v) is 4.12. The number of aliphatic hydroxyl groups is 1. The monoisotopic (exact) mass is 464 g/mol. The molecule has 0 bridgehead atoms. The van der Waals surface area contributed by atoms with Crippen LogP contribution in [0.15, 0.2) is 48.5 Å². The molecule has 1 aliphatic heterocycles. The van der Waals surface area contributed by atoms with Gasteiger partial charge < -0.3 is 30.3 Å².